The molecule has 0 saturated heterocycles. The predicted octanol–water partition coefficient (Wildman–Crippen LogP) is 3.00. The summed E-state index contributed by atoms with van der Waals surface area (Å²) in [6.07, 6.45) is 0. The van der Waals surface area contributed by atoms with Crippen LogP contribution in [0.4, 0.5) is 0 Å². The zero-order valence-corrected chi connectivity index (χ0v) is 16.3. The van der Waals surface area contributed by atoms with Crippen LogP contribution in [-0.2, 0) is 9.05 Å². The maximum Gasteiger partial charge on any atom is 0.272 e. The van der Waals surface area contributed by atoms with Gasteiger partial charge in [-0.2, -0.15) is 0 Å². The fourth-order valence-corrected chi connectivity index (χ4v) is 4.44. The molecule has 0 bridgehead atoms. The molecule has 2 rings (SSSR count). The number of hydrogen-bond donors (Lipinski definition) is 0. The van der Waals surface area contributed by atoms with Gasteiger partial charge in [0.25, 0.3) is 9.05 Å². The number of rotatable bonds is 7. The van der Waals surface area contributed by atoms with E-state index in [0.29, 0.717) is 28.8 Å². The SMILES string of the molecule is COc1cc(-c2nc(C)c(S(=O)(=O)Cl)s2)ccc1OCCN(C)C. The second kappa shape index (κ2) is 7.69. The first-order valence-electron chi connectivity index (χ1n) is 7.10. The van der Waals surface area contributed by atoms with E-state index in [9.17, 15) is 8.42 Å². The van der Waals surface area contributed by atoms with Crippen LogP contribution in [0.25, 0.3) is 10.6 Å². The van der Waals surface area contributed by atoms with E-state index >= 15 is 0 Å². The van der Waals surface area contributed by atoms with Crippen LogP contribution < -0.4 is 9.47 Å². The van der Waals surface area contributed by atoms with Crippen LogP contribution in [0.5, 0.6) is 11.5 Å². The zero-order chi connectivity index (χ0) is 17.9. The van der Waals surface area contributed by atoms with Gasteiger partial charge < -0.3 is 14.4 Å². The average molecular weight is 391 g/mol. The van der Waals surface area contributed by atoms with E-state index in [1.165, 1.54) is 0 Å². The Morgan fingerprint density at radius 1 is 1.29 bits per heavy atom. The number of aromatic nitrogens is 1. The van der Waals surface area contributed by atoms with Gasteiger partial charge in [-0.25, -0.2) is 13.4 Å². The van der Waals surface area contributed by atoms with Gasteiger partial charge in [-0.05, 0) is 39.2 Å². The summed E-state index contributed by atoms with van der Waals surface area (Å²) in [6.45, 7) is 2.94. The molecule has 0 aliphatic rings. The fraction of sp³-hybridized carbons (Fsp3) is 0.400. The lowest BCUT2D eigenvalue weighted by atomic mass is 10.2. The predicted molar refractivity (Wildman–Crippen MR) is 95.9 cm³/mol. The first-order valence-corrected chi connectivity index (χ1v) is 10.2. The maximum absolute atomic E-state index is 11.5. The molecule has 9 heteroatoms. The molecule has 1 heterocycles. The molecule has 24 heavy (non-hydrogen) atoms. The van der Waals surface area contributed by atoms with E-state index in [1.807, 2.05) is 25.1 Å². The van der Waals surface area contributed by atoms with E-state index in [2.05, 4.69) is 4.98 Å². The minimum absolute atomic E-state index is 0.0597. The second-order valence-electron chi connectivity index (χ2n) is 5.35. The van der Waals surface area contributed by atoms with Crippen molar-refractivity contribution in [1.29, 1.82) is 0 Å². The van der Waals surface area contributed by atoms with Gasteiger partial charge in [0.1, 0.15) is 11.6 Å². The van der Waals surface area contributed by atoms with Crippen molar-refractivity contribution in [2.24, 2.45) is 0 Å². The number of ether oxygens (including phenoxy) is 2. The Bertz CT molecular complexity index is 819. The van der Waals surface area contributed by atoms with E-state index < -0.39 is 9.05 Å². The van der Waals surface area contributed by atoms with Crippen LogP contribution >= 0.6 is 22.0 Å². The number of halogens is 1. The molecule has 0 unspecified atom stereocenters. The van der Waals surface area contributed by atoms with Crippen molar-refractivity contribution in [1.82, 2.24) is 9.88 Å². The minimum atomic E-state index is -3.80. The second-order valence-corrected chi connectivity index (χ2v) is 9.11. The lowest BCUT2D eigenvalue weighted by Gasteiger charge is -2.14. The molecular weight excluding hydrogens is 372 g/mol. The lowest BCUT2D eigenvalue weighted by molar-refractivity contribution is 0.251. The molecule has 0 saturated carbocycles. The fourth-order valence-electron chi connectivity index (χ4n) is 1.99. The number of likely N-dealkylation sites (N-methyl/N-ethyl adjacent to an activating group) is 1. The Hall–Kier alpha value is -1.35. The quantitative estimate of drug-likeness (QED) is 0.677. The van der Waals surface area contributed by atoms with Crippen molar-refractivity contribution in [3.63, 3.8) is 0 Å². The molecule has 1 aromatic heterocycles. The summed E-state index contributed by atoms with van der Waals surface area (Å²) in [7, 11) is 7.12. The molecule has 0 radical (unpaired) electrons. The van der Waals surface area contributed by atoms with E-state index in [-0.39, 0.29) is 4.21 Å². The van der Waals surface area contributed by atoms with Crippen LogP contribution in [0.3, 0.4) is 0 Å². The van der Waals surface area contributed by atoms with Crippen LogP contribution in [0.1, 0.15) is 5.69 Å². The molecule has 0 atom stereocenters. The highest BCUT2D eigenvalue weighted by molar-refractivity contribution is 8.15. The normalized spacial score (nSPS) is 11.8. The molecule has 132 valence electrons. The van der Waals surface area contributed by atoms with Crippen molar-refractivity contribution in [3.8, 4) is 22.1 Å². The molecule has 0 amide bonds. The molecule has 0 spiro atoms. The van der Waals surface area contributed by atoms with Gasteiger partial charge in [-0.15, -0.1) is 11.3 Å². The summed E-state index contributed by atoms with van der Waals surface area (Å²) in [4.78, 5) is 6.31. The highest BCUT2D eigenvalue weighted by Gasteiger charge is 2.20. The number of nitrogens with zero attached hydrogens (tertiary/aromatic N) is 2. The number of thiazole rings is 1. The summed E-state index contributed by atoms with van der Waals surface area (Å²) in [5, 5.41) is 0.560. The number of aryl methyl sites for hydroxylation is 1. The standard InChI is InChI=1S/C15H19ClN2O4S2/c1-10-15(24(16,19)20)23-14(17-10)11-5-6-12(13(9-11)21-4)22-8-7-18(2)3/h5-6,9H,7-8H2,1-4H3. The molecular formula is C15H19ClN2O4S2. The summed E-state index contributed by atoms with van der Waals surface area (Å²) < 4.78 is 34.2. The largest absolute Gasteiger partial charge is 0.493 e. The van der Waals surface area contributed by atoms with Gasteiger partial charge in [-0.3, -0.25) is 0 Å². The lowest BCUT2D eigenvalue weighted by Crippen LogP contribution is -2.19. The summed E-state index contributed by atoms with van der Waals surface area (Å²) in [5.74, 6) is 1.19. The molecule has 6 nitrogen and oxygen atoms in total. The Kier molecular flexibility index (Phi) is 6.08. The van der Waals surface area contributed by atoms with Gasteiger partial charge >= 0.3 is 0 Å². The first kappa shape index (κ1) is 19.0. The Balaban J connectivity index is 2.29. The van der Waals surface area contributed by atoms with E-state index in [0.717, 1.165) is 23.4 Å². The summed E-state index contributed by atoms with van der Waals surface area (Å²) >= 11 is 1.03. The topological polar surface area (TPSA) is 68.7 Å². The number of hydrogen-bond acceptors (Lipinski definition) is 7. The molecule has 0 fully saturated rings. The van der Waals surface area contributed by atoms with Crippen LogP contribution in [-0.4, -0.2) is 52.7 Å². The molecule has 2 aromatic rings. The number of methoxy groups -OCH3 is 1. The third-order valence-corrected chi connectivity index (χ3v) is 6.57. The Labute approximate surface area is 150 Å². The van der Waals surface area contributed by atoms with Gasteiger partial charge in [0.15, 0.2) is 15.7 Å². The van der Waals surface area contributed by atoms with E-state index in [1.54, 1.807) is 26.2 Å². The van der Waals surface area contributed by atoms with Crippen LogP contribution in [0, 0.1) is 6.92 Å². The van der Waals surface area contributed by atoms with Gasteiger partial charge in [-0.1, -0.05) is 0 Å². The molecule has 0 aliphatic carbocycles. The highest BCUT2D eigenvalue weighted by Crippen LogP contribution is 2.37. The molecule has 0 N–H and O–H groups in total. The van der Waals surface area contributed by atoms with Crippen molar-refractivity contribution >= 4 is 31.1 Å². The van der Waals surface area contributed by atoms with Crippen molar-refractivity contribution in [2.45, 2.75) is 11.1 Å². The highest BCUT2D eigenvalue weighted by atomic mass is 35.7. The molecule has 1 aromatic carbocycles. The first-order chi connectivity index (χ1) is 11.2. The van der Waals surface area contributed by atoms with Gasteiger partial charge in [0.2, 0.25) is 0 Å². The van der Waals surface area contributed by atoms with Gasteiger partial charge in [0.05, 0.1) is 12.8 Å². The molecule has 0 aliphatic heterocycles. The Morgan fingerprint density at radius 3 is 2.54 bits per heavy atom. The minimum Gasteiger partial charge on any atom is -0.493 e. The smallest absolute Gasteiger partial charge is 0.272 e. The average Bonchev–Trinajstić information content (AvgIpc) is 2.89. The number of benzene rings is 1. The van der Waals surface area contributed by atoms with Gasteiger partial charge in [0, 0.05) is 22.8 Å². The van der Waals surface area contributed by atoms with Crippen LogP contribution in [0.2, 0.25) is 0 Å². The third kappa shape index (κ3) is 4.60. The van der Waals surface area contributed by atoms with Crippen molar-refractivity contribution < 1.29 is 17.9 Å². The van der Waals surface area contributed by atoms with Crippen LogP contribution in [0.15, 0.2) is 22.4 Å². The monoisotopic (exact) mass is 390 g/mol. The maximum atomic E-state index is 11.5. The third-order valence-electron chi connectivity index (χ3n) is 3.18. The van der Waals surface area contributed by atoms with E-state index in [4.69, 9.17) is 20.2 Å². The van der Waals surface area contributed by atoms with Crippen molar-refractivity contribution in [2.75, 3.05) is 34.4 Å². The zero-order valence-electron chi connectivity index (χ0n) is 13.9. The summed E-state index contributed by atoms with van der Waals surface area (Å²) in [6, 6.07) is 5.37. The summed E-state index contributed by atoms with van der Waals surface area (Å²) in [5.41, 5.74) is 1.13. The Morgan fingerprint density at radius 2 is 2.00 bits per heavy atom. The van der Waals surface area contributed by atoms with Crippen molar-refractivity contribution in [3.05, 3.63) is 23.9 Å².